The lowest BCUT2D eigenvalue weighted by molar-refractivity contribution is 0.564. The van der Waals surface area contributed by atoms with Crippen molar-refractivity contribution in [2.75, 3.05) is 11.9 Å². The van der Waals surface area contributed by atoms with Crippen molar-refractivity contribution in [1.82, 2.24) is 4.98 Å². The van der Waals surface area contributed by atoms with Gasteiger partial charge in [0.2, 0.25) is 0 Å². The van der Waals surface area contributed by atoms with Crippen LogP contribution in [0, 0.1) is 27.7 Å². The Balaban J connectivity index is 2.12. The van der Waals surface area contributed by atoms with E-state index in [9.17, 15) is 0 Å². The quantitative estimate of drug-likeness (QED) is 0.522. The van der Waals surface area contributed by atoms with E-state index in [1.54, 1.807) is 11.3 Å². The number of hydrogen-bond donors (Lipinski definition) is 1. The van der Waals surface area contributed by atoms with Crippen molar-refractivity contribution in [3.05, 3.63) is 45.5 Å². The molecule has 0 radical (unpaired) electrons. The molecule has 2 nitrogen and oxygen atoms in total. The summed E-state index contributed by atoms with van der Waals surface area (Å²) < 4.78 is 0. The Kier molecular flexibility index (Phi) is 7.29. The Morgan fingerprint density at radius 1 is 1.04 bits per heavy atom. The van der Waals surface area contributed by atoms with Crippen LogP contribution in [0.15, 0.2) is 18.3 Å². The maximum atomic E-state index is 4.46. The monoisotopic (exact) mass is 344 g/mol. The third kappa shape index (κ3) is 5.34. The molecule has 1 aromatic carbocycles. The molecule has 1 N–H and O–H groups in total. The van der Waals surface area contributed by atoms with Gasteiger partial charge in [0, 0.05) is 23.5 Å². The highest BCUT2D eigenvalue weighted by Gasteiger charge is 2.17. The van der Waals surface area contributed by atoms with Crippen molar-refractivity contribution >= 4 is 16.5 Å². The van der Waals surface area contributed by atoms with Gasteiger partial charge in [0.25, 0.3) is 0 Å². The van der Waals surface area contributed by atoms with E-state index in [2.05, 4.69) is 57.1 Å². The second-order valence-electron chi connectivity index (χ2n) is 7.02. The molecular weight excluding hydrogens is 312 g/mol. The Morgan fingerprint density at radius 2 is 1.75 bits per heavy atom. The van der Waals surface area contributed by atoms with Gasteiger partial charge in [-0.3, -0.25) is 0 Å². The molecule has 1 heterocycles. The lowest BCUT2D eigenvalue weighted by Crippen LogP contribution is -2.15. The van der Waals surface area contributed by atoms with Gasteiger partial charge in [-0.25, -0.2) is 4.98 Å². The number of thiazole rings is 1. The van der Waals surface area contributed by atoms with Crippen molar-refractivity contribution in [3.63, 3.8) is 0 Å². The lowest BCUT2D eigenvalue weighted by atomic mass is 9.86. The maximum absolute atomic E-state index is 4.46. The minimum Gasteiger partial charge on any atom is -0.361 e. The van der Waals surface area contributed by atoms with Crippen LogP contribution in [-0.2, 0) is 0 Å². The summed E-state index contributed by atoms with van der Waals surface area (Å²) >= 11 is 1.75. The van der Waals surface area contributed by atoms with E-state index in [0.29, 0.717) is 5.92 Å². The topological polar surface area (TPSA) is 24.9 Å². The van der Waals surface area contributed by atoms with Gasteiger partial charge in [-0.15, -0.1) is 11.3 Å². The molecule has 0 spiro atoms. The number of nitrogens with zero attached hydrogens (tertiary/aromatic N) is 1. The number of hydrogen-bond acceptors (Lipinski definition) is 3. The van der Waals surface area contributed by atoms with Crippen molar-refractivity contribution in [1.29, 1.82) is 0 Å². The van der Waals surface area contributed by atoms with Gasteiger partial charge < -0.3 is 5.32 Å². The van der Waals surface area contributed by atoms with Crippen LogP contribution >= 0.6 is 11.3 Å². The van der Waals surface area contributed by atoms with Crippen LogP contribution in [0.5, 0.6) is 0 Å². The summed E-state index contributed by atoms with van der Waals surface area (Å²) in [6, 6.07) is 4.66. The number of rotatable bonds is 9. The fraction of sp³-hybridized carbons (Fsp3) is 0.571. The van der Waals surface area contributed by atoms with Crippen molar-refractivity contribution < 1.29 is 0 Å². The molecule has 2 aromatic rings. The summed E-state index contributed by atoms with van der Waals surface area (Å²) in [7, 11) is 0. The van der Waals surface area contributed by atoms with Crippen LogP contribution in [0.25, 0.3) is 0 Å². The van der Waals surface area contributed by atoms with Crippen LogP contribution in [0.2, 0.25) is 0 Å². The zero-order chi connectivity index (χ0) is 17.5. The summed E-state index contributed by atoms with van der Waals surface area (Å²) in [5.41, 5.74) is 5.77. The SMILES string of the molecule is CCCCCCC(CNc1ncc(C)s1)c1c(C)cc(C)cc1C. The molecular formula is C21H32N2S. The van der Waals surface area contributed by atoms with Crippen LogP contribution in [-0.4, -0.2) is 11.5 Å². The first-order valence-corrected chi connectivity index (χ1v) is 10.1. The predicted octanol–water partition coefficient (Wildman–Crippen LogP) is 6.54. The normalized spacial score (nSPS) is 12.4. The molecule has 132 valence electrons. The van der Waals surface area contributed by atoms with Crippen molar-refractivity contribution in [2.45, 2.75) is 72.6 Å². The van der Waals surface area contributed by atoms with E-state index in [4.69, 9.17) is 0 Å². The molecule has 0 aliphatic rings. The smallest absolute Gasteiger partial charge is 0.182 e. The fourth-order valence-electron chi connectivity index (χ4n) is 3.65. The zero-order valence-corrected chi connectivity index (χ0v) is 16.7. The molecule has 0 aliphatic heterocycles. The average molecular weight is 345 g/mol. The molecule has 2 rings (SSSR count). The summed E-state index contributed by atoms with van der Waals surface area (Å²) in [4.78, 5) is 5.72. The van der Waals surface area contributed by atoms with E-state index in [1.165, 1.54) is 59.2 Å². The molecule has 1 unspecified atom stereocenters. The number of unbranched alkanes of at least 4 members (excludes halogenated alkanes) is 3. The minimum absolute atomic E-state index is 0.562. The molecule has 1 atom stereocenters. The molecule has 0 amide bonds. The Bertz CT molecular complexity index is 622. The van der Waals surface area contributed by atoms with Gasteiger partial charge in [-0.2, -0.15) is 0 Å². The van der Waals surface area contributed by atoms with Crippen LogP contribution in [0.1, 0.15) is 72.1 Å². The molecule has 0 bridgehead atoms. The molecule has 1 aromatic heterocycles. The van der Waals surface area contributed by atoms with Gasteiger partial charge in [0.1, 0.15) is 0 Å². The average Bonchev–Trinajstić information content (AvgIpc) is 2.93. The summed E-state index contributed by atoms with van der Waals surface area (Å²) in [6.07, 6.45) is 8.49. The summed E-state index contributed by atoms with van der Waals surface area (Å²) in [5, 5.41) is 4.63. The number of nitrogens with one attached hydrogen (secondary N) is 1. The Morgan fingerprint density at radius 3 is 2.33 bits per heavy atom. The summed E-state index contributed by atoms with van der Waals surface area (Å²) in [5.74, 6) is 0.562. The number of anilines is 1. The largest absolute Gasteiger partial charge is 0.361 e. The lowest BCUT2D eigenvalue weighted by Gasteiger charge is -2.23. The van der Waals surface area contributed by atoms with Gasteiger partial charge >= 0.3 is 0 Å². The molecule has 0 saturated carbocycles. The number of aryl methyl sites for hydroxylation is 4. The second-order valence-corrected chi connectivity index (χ2v) is 8.25. The summed E-state index contributed by atoms with van der Waals surface area (Å²) in [6.45, 7) is 12.1. The Hall–Kier alpha value is -1.35. The maximum Gasteiger partial charge on any atom is 0.182 e. The third-order valence-corrected chi connectivity index (χ3v) is 5.54. The highest BCUT2D eigenvalue weighted by Crippen LogP contribution is 2.30. The third-order valence-electron chi connectivity index (χ3n) is 4.67. The minimum atomic E-state index is 0.562. The van der Waals surface area contributed by atoms with E-state index in [0.717, 1.165) is 11.7 Å². The first kappa shape index (κ1) is 19.0. The van der Waals surface area contributed by atoms with E-state index < -0.39 is 0 Å². The van der Waals surface area contributed by atoms with Gasteiger partial charge in [0.05, 0.1) is 0 Å². The number of benzene rings is 1. The fourth-order valence-corrected chi connectivity index (χ4v) is 4.32. The molecule has 0 saturated heterocycles. The van der Waals surface area contributed by atoms with Crippen LogP contribution in [0.3, 0.4) is 0 Å². The van der Waals surface area contributed by atoms with Gasteiger partial charge in [-0.1, -0.05) is 50.3 Å². The highest BCUT2D eigenvalue weighted by atomic mass is 32.1. The standard InChI is InChI=1S/C21H32N2S/c1-6-7-8-9-10-19(14-23-21-22-13-18(5)24-21)20-16(3)11-15(2)12-17(20)4/h11-13,19H,6-10,14H2,1-5H3,(H,22,23). The van der Waals surface area contributed by atoms with Crippen LogP contribution < -0.4 is 5.32 Å². The molecule has 0 aliphatic carbocycles. The second kappa shape index (κ2) is 9.22. The van der Waals surface area contributed by atoms with Gasteiger partial charge in [-0.05, 0) is 50.8 Å². The van der Waals surface area contributed by atoms with Crippen molar-refractivity contribution in [3.8, 4) is 0 Å². The molecule has 24 heavy (non-hydrogen) atoms. The predicted molar refractivity (Wildman–Crippen MR) is 107 cm³/mol. The van der Waals surface area contributed by atoms with E-state index in [1.807, 2.05) is 6.20 Å². The molecule has 0 fully saturated rings. The first-order valence-electron chi connectivity index (χ1n) is 9.25. The van der Waals surface area contributed by atoms with Gasteiger partial charge in [0.15, 0.2) is 5.13 Å². The number of aromatic nitrogens is 1. The van der Waals surface area contributed by atoms with Crippen molar-refractivity contribution in [2.24, 2.45) is 0 Å². The highest BCUT2D eigenvalue weighted by molar-refractivity contribution is 7.15. The van der Waals surface area contributed by atoms with E-state index >= 15 is 0 Å². The zero-order valence-electron chi connectivity index (χ0n) is 15.9. The molecule has 3 heteroatoms. The van der Waals surface area contributed by atoms with Crippen LogP contribution in [0.4, 0.5) is 5.13 Å². The Labute approximate surface area is 151 Å². The first-order chi connectivity index (χ1) is 11.5. The van der Waals surface area contributed by atoms with E-state index in [-0.39, 0.29) is 0 Å².